The van der Waals surface area contributed by atoms with Gasteiger partial charge in [0.25, 0.3) is 0 Å². The number of nitrogens with zero attached hydrogens (tertiary/aromatic N) is 1. The van der Waals surface area contributed by atoms with Crippen LogP contribution >= 0.6 is 0 Å². The van der Waals surface area contributed by atoms with E-state index in [1.54, 1.807) is 0 Å². The zero-order valence-electron chi connectivity index (χ0n) is 7.71. The molecule has 12 heavy (non-hydrogen) atoms. The van der Waals surface area contributed by atoms with Gasteiger partial charge in [0.1, 0.15) is 0 Å². The van der Waals surface area contributed by atoms with E-state index < -0.39 is 0 Å². The number of hydrogen-bond acceptors (Lipinski definition) is 2. The monoisotopic (exact) mass is 169 g/mol. The largest absolute Gasteiger partial charge is 0.396 e. The van der Waals surface area contributed by atoms with E-state index in [1.807, 2.05) is 0 Å². The summed E-state index contributed by atoms with van der Waals surface area (Å²) in [4.78, 5) is 2.62. The molecule has 2 saturated heterocycles. The van der Waals surface area contributed by atoms with Gasteiger partial charge in [0.05, 0.1) is 0 Å². The SMILES string of the molecule is OC[C@@H]1CCN2CCCC[C@@H]2C1. The molecule has 2 fully saturated rings. The van der Waals surface area contributed by atoms with Crippen LogP contribution in [0.1, 0.15) is 32.1 Å². The van der Waals surface area contributed by atoms with Gasteiger partial charge in [0.2, 0.25) is 0 Å². The highest BCUT2D eigenvalue weighted by Gasteiger charge is 2.29. The van der Waals surface area contributed by atoms with Gasteiger partial charge in [-0.05, 0) is 44.7 Å². The number of aliphatic hydroxyl groups is 1. The lowest BCUT2D eigenvalue weighted by Gasteiger charge is -2.42. The zero-order valence-corrected chi connectivity index (χ0v) is 7.71. The predicted octanol–water partition coefficient (Wildman–Crippen LogP) is 1.24. The van der Waals surface area contributed by atoms with Gasteiger partial charge < -0.3 is 10.0 Å². The highest BCUT2D eigenvalue weighted by Crippen LogP contribution is 2.28. The molecule has 2 aliphatic rings. The molecule has 0 aromatic carbocycles. The highest BCUT2D eigenvalue weighted by atomic mass is 16.3. The van der Waals surface area contributed by atoms with Crippen LogP contribution in [0.2, 0.25) is 0 Å². The summed E-state index contributed by atoms with van der Waals surface area (Å²) in [6.07, 6.45) is 6.62. The molecule has 2 heterocycles. The average Bonchev–Trinajstić information content (AvgIpc) is 2.17. The van der Waals surface area contributed by atoms with Gasteiger partial charge in [0.15, 0.2) is 0 Å². The van der Waals surface area contributed by atoms with E-state index in [0.717, 1.165) is 6.04 Å². The summed E-state index contributed by atoms with van der Waals surface area (Å²) in [5.74, 6) is 0.601. The lowest BCUT2D eigenvalue weighted by molar-refractivity contribution is 0.0565. The van der Waals surface area contributed by atoms with E-state index in [-0.39, 0.29) is 0 Å². The Morgan fingerprint density at radius 1 is 1.17 bits per heavy atom. The van der Waals surface area contributed by atoms with E-state index in [9.17, 15) is 0 Å². The van der Waals surface area contributed by atoms with Gasteiger partial charge in [-0.2, -0.15) is 0 Å². The maximum atomic E-state index is 9.06. The Bertz CT molecular complexity index is 149. The molecule has 0 aromatic rings. The molecule has 0 unspecified atom stereocenters. The van der Waals surface area contributed by atoms with E-state index in [0.29, 0.717) is 12.5 Å². The van der Waals surface area contributed by atoms with Crippen LogP contribution in [-0.2, 0) is 0 Å². The highest BCUT2D eigenvalue weighted by molar-refractivity contribution is 4.84. The summed E-state index contributed by atoms with van der Waals surface area (Å²) >= 11 is 0. The molecule has 0 saturated carbocycles. The van der Waals surface area contributed by atoms with Crippen LogP contribution in [0.5, 0.6) is 0 Å². The molecule has 2 rings (SSSR count). The normalized spacial score (nSPS) is 37.8. The van der Waals surface area contributed by atoms with Crippen LogP contribution in [-0.4, -0.2) is 35.7 Å². The fourth-order valence-electron chi connectivity index (χ4n) is 2.64. The average molecular weight is 169 g/mol. The summed E-state index contributed by atoms with van der Waals surface area (Å²) in [7, 11) is 0. The van der Waals surface area contributed by atoms with Gasteiger partial charge in [-0.1, -0.05) is 6.42 Å². The summed E-state index contributed by atoms with van der Waals surface area (Å²) in [6.45, 7) is 2.95. The van der Waals surface area contributed by atoms with Crippen molar-refractivity contribution in [2.24, 2.45) is 5.92 Å². The molecule has 0 aromatic heterocycles. The first kappa shape index (κ1) is 8.52. The van der Waals surface area contributed by atoms with Crippen molar-refractivity contribution < 1.29 is 5.11 Å². The van der Waals surface area contributed by atoms with Crippen LogP contribution in [0.4, 0.5) is 0 Å². The van der Waals surface area contributed by atoms with Gasteiger partial charge in [0, 0.05) is 12.6 Å². The number of piperidine rings is 2. The lowest BCUT2D eigenvalue weighted by atomic mass is 9.86. The Morgan fingerprint density at radius 2 is 2.08 bits per heavy atom. The third-order valence-electron chi connectivity index (χ3n) is 3.44. The quantitative estimate of drug-likeness (QED) is 0.638. The van der Waals surface area contributed by atoms with Gasteiger partial charge in [-0.15, -0.1) is 0 Å². The van der Waals surface area contributed by atoms with Crippen molar-refractivity contribution in [2.45, 2.75) is 38.1 Å². The van der Waals surface area contributed by atoms with Crippen LogP contribution in [0.25, 0.3) is 0 Å². The molecule has 2 heteroatoms. The molecular formula is C10H19NO. The molecule has 0 spiro atoms. The van der Waals surface area contributed by atoms with Crippen molar-refractivity contribution in [3.8, 4) is 0 Å². The summed E-state index contributed by atoms with van der Waals surface area (Å²) in [5.41, 5.74) is 0. The first-order chi connectivity index (χ1) is 5.90. The topological polar surface area (TPSA) is 23.5 Å². The fraction of sp³-hybridized carbons (Fsp3) is 1.00. The van der Waals surface area contributed by atoms with Gasteiger partial charge in [-0.3, -0.25) is 0 Å². The van der Waals surface area contributed by atoms with Gasteiger partial charge >= 0.3 is 0 Å². The van der Waals surface area contributed by atoms with Crippen molar-refractivity contribution in [1.82, 2.24) is 4.90 Å². The maximum absolute atomic E-state index is 9.06. The predicted molar refractivity (Wildman–Crippen MR) is 49.0 cm³/mol. The van der Waals surface area contributed by atoms with Crippen molar-refractivity contribution in [1.29, 1.82) is 0 Å². The number of hydrogen-bond donors (Lipinski definition) is 1. The van der Waals surface area contributed by atoms with Crippen LogP contribution in [0.15, 0.2) is 0 Å². The molecule has 0 amide bonds. The van der Waals surface area contributed by atoms with Crippen molar-refractivity contribution in [2.75, 3.05) is 19.7 Å². The standard InChI is InChI=1S/C10H19NO/c12-8-9-4-6-11-5-2-1-3-10(11)7-9/h9-10,12H,1-8H2/t9-,10-/m1/s1. The first-order valence-electron chi connectivity index (χ1n) is 5.25. The van der Waals surface area contributed by atoms with E-state index in [1.165, 1.54) is 45.2 Å². The van der Waals surface area contributed by atoms with Crippen molar-refractivity contribution in [3.05, 3.63) is 0 Å². The van der Waals surface area contributed by atoms with E-state index >= 15 is 0 Å². The number of fused-ring (bicyclic) bond motifs is 1. The minimum atomic E-state index is 0.407. The second-order valence-corrected chi connectivity index (χ2v) is 4.26. The summed E-state index contributed by atoms with van der Waals surface area (Å²) in [5, 5.41) is 9.06. The van der Waals surface area contributed by atoms with Crippen LogP contribution in [0.3, 0.4) is 0 Å². The maximum Gasteiger partial charge on any atom is 0.0460 e. The van der Waals surface area contributed by atoms with Crippen LogP contribution < -0.4 is 0 Å². The smallest absolute Gasteiger partial charge is 0.0460 e. The van der Waals surface area contributed by atoms with Crippen molar-refractivity contribution >= 4 is 0 Å². The number of rotatable bonds is 1. The molecular weight excluding hydrogens is 150 g/mol. The fourth-order valence-corrected chi connectivity index (χ4v) is 2.64. The molecule has 1 N–H and O–H groups in total. The zero-order chi connectivity index (χ0) is 8.39. The Hall–Kier alpha value is -0.0800. The van der Waals surface area contributed by atoms with Crippen LogP contribution in [0, 0.1) is 5.92 Å². The molecule has 70 valence electrons. The molecule has 2 nitrogen and oxygen atoms in total. The summed E-state index contributed by atoms with van der Waals surface area (Å²) < 4.78 is 0. The van der Waals surface area contributed by atoms with Gasteiger partial charge in [-0.25, -0.2) is 0 Å². The third kappa shape index (κ3) is 1.64. The molecule has 0 aliphatic carbocycles. The minimum Gasteiger partial charge on any atom is -0.396 e. The molecule has 0 radical (unpaired) electrons. The lowest BCUT2D eigenvalue weighted by Crippen LogP contribution is -2.45. The second-order valence-electron chi connectivity index (χ2n) is 4.26. The Labute approximate surface area is 74.6 Å². The molecule has 2 aliphatic heterocycles. The van der Waals surface area contributed by atoms with Crippen molar-refractivity contribution in [3.63, 3.8) is 0 Å². The molecule has 0 bridgehead atoms. The molecule has 2 atom stereocenters. The Kier molecular flexibility index (Phi) is 2.66. The first-order valence-corrected chi connectivity index (χ1v) is 5.25. The second kappa shape index (κ2) is 3.75. The third-order valence-corrected chi connectivity index (χ3v) is 3.44. The summed E-state index contributed by atoms with van der Waals surface area (Å²) in [6, 6.07) is 0.810. The minimum absolute atomic E-state index is 0.407. The Balaban J connectivity index is 1.90. The van der Waals surface area contributed by atoms with E-state index in [2.05, 4.69) is 4.90 Å². The van der Waals surface area contributed by atoms with E-state index in [4.69, 9.17) is 5.11 Å². The Morgan fingerprint density at radius 3 is 2.92 bits per heavy atom. The number of aliphatic hydroxyl groups excluding tert-OH is 1.